The highest BCUT2D eigenvalue weighted by Gasteiger charge is 2.59. The first-order chi connectivity index (χ1) is 21.8. The van der Waals surface area contributed by atoms with Crippen LogP contribution in [0.15, 0.2) is 42.7 Å². The summed E-state index contributed by atoms with van der Waals surface area (Å²) in [4.78, 5) is 57.2. The molecule has 6 rings (SSSR count). The molecule has 2 N–H and O–H groups in total. The van der Waals surface area contributed by atoms with Crippen LogP contribution in [0.25, 0.3) is 0 Å². The first-order valence-electron chi connectivity index (χ1n) is 16.2. The van der Waals surface area contributed by atoms with Crippen molar-refractivity contribution in [2.24, 2.45) is 17.3 Å². The minimum Gasteiger partial charge on any atom is -0.371 e. The van der Waals surface area contributed by atoms with Gasteiger partial charge in [0.2, 0.25) is 17.7 Å². The van der Waals surface area contributed by atoms with E-state index in [1.807, 2.05) is 35.2 Å². The van der Waals surface area contributed by atoms with Gasteiger partial charge in [-0.3, -0.25) is 19.2 Å². The number of rotatable bonds is 11. The zero-order valence-corrected chi connectivity index (χ0v) is 26.2. The molecule has 1 spiro atoms. The second kappa shape index (κ2) is 13.3. The summed E-state index contributed by atoms with van der Waals surface area (Å²) in [7, 11) is 1.52. The maximum Gasteiger partial charge on any atom is 0.257 e. The highest BCUT2D eigenvalue weighted by atomic mass is 16.5. The summed E-state index contributed by atoms with van der Waals surface area (Å²) >= 11 is 0. The van der Waals surface area contributed by atoms with Crippen LogP contribution in [-0.2, 0) is 30.5 Å². The number of carbonyl (C=O) groups excluding carboxylic acids is 4. The summed E-state index contributed by atoms with van der Waals surface area (Å²) in [6.45, 7) is 4.05. The topological polar surface area (TPSA) is 135 Å². The molecule has 2 unspecified atom stereocenters. The van der Waals surface area contributed by atoms with E-state index >= 15 is 0 Å². The molecule has 4 heterocycles. The van der Waals surface area contributed by atoms with Crippen LogP contribution in [0.2, 0.25) is 0 Å². The third-order valence-corrected chi connectivity index (χ3v) is 9.73. The van der Waals surface area contributed by atoms with Crippen LogP contribution in [0, 0.1) is 17.3 Å². The Hall–Kier alpha value is -3.77. The molecule has 3 saturated heterocycles. The Kier molecular flexibility index (Phi) is 9.23. The zero-order chi connectivity index (χ0) is 31.6. The van der Waals surface area contributed by atoms with Gasteiger partial charge in [0, 0.05) is 57.9 Å². The second-order valence-electron chi connectivity index (χ2n) is 13.1. The number of nitrogens with zero attached hydrogens (tertiary/aromatic N) is 4. The van der Waals surface area contributed by atoms with Gasteiger partial charge in [-0.15, -0.1) is 0 Å². The number of amides is 4. The number of hydrogen-bond acceptors (Lipinski definition) is 7. The maximum absolute atomic E-state index is 14.0. The van der Waals surface area contributed by atoms with Crippen LogP contribution in [-0.4, -0.2) is 95.2 Å². The van der Waals surface area contributed by atoms with Gasteiger partial charge < -0.3 is 29.9 Å². The molecule has 12 heteroatoms. The van der Waals surface area contributed by atoms with Crippen LogP contribution < -0.4 is 10.6 Å². The molecule has 1 aromatic heterocycles. The molecule has 0 bridgehead atoms. The Morgan fingerprint density at radius 1 is 1.07 bits per heavy atom. The minimum absolute atomic E-state index is 0.104. The van der Waals surface area contributed by atoms with Crippen molar-refractivity contribution in [2.75, 3.05) is 39.8 Å². The monoisotopic (exact) mass is 620 g/mol. The molecule has 4 atom stereocenters. The van der Waals surface area contributed by atoms with E-state index in [1.54, 1.807) is 28.9 Å². The largest absolute Gasteiger partial charge is 0.371 e. The summed E-state index contributed by atoms with van der Waals surface area (Å²) in [5.74, 6) is -0.934. The summed E-state index contributed by atoms with van der Waals surface area (Å²) in [6.07, 6.45) is 8.08. The second-order valence-corrected chi connectivity index (χ2v) is 13.1. The molecule has 4 fully saturated rings. The minimum atomic E-state index is -0.936. The number of likely N-dealkylation sites (N-methyl/N-ethyl adjacent to an activating group) is 1. The molecule has 1 aromatic carbocycles. The molecule has 1 saturated carbocycles. The number of aromatic nitrogens is 2. The number of nitrogens with one attached hydrogen (secondary N) is 2. The van der Waals surface area contributed by atoms with Crippen LogP contribution in [0.5, 0.6) is 0 Å². The predicted molar refractivity (Wildman–Crippen MR) is 164 cm³/mol. The van der Waals surface area contributed by atoms with Crippen molar-refractivity contribution >= 4 is 23.6 Å². The van der Waals surface area contributed by atoms with Gasteiger partial charge in [0.15, 0.2) is 0 Å². The fourth-order valence-electron chi connectivity index (χ4n) is 6.82. The first kappa shape index (κ1) is 31.2. The Morgan fingerprint density at radius 2 is 1.82 bits per heavy atom. The van der Waals surface area contributed by atoms with Crippen molar-refractivity contribution in [3.63, 3.8) is 0 Å². The summed E-state index contributed by atoms with van der Waals surface area (Å²) in [5.41, 5.74) is 0.801. The van der Waals surface area contributed by atoms with Gasteiger partial charge in [0.1, 0.15) is 12.3 Å². The van der Waals surface area contributed by atoms with E-state index in [0.717, 1.165) is 37.7 Å². The Balaban J connectivity index is 1.16. The van der Waals surface area contributed by atoms with Crippen LogP contribution in [0.4, 0.5) is 0 Å². The van der Waals surface area contributed by atoms with Crippen LogP contribution >= 0.6 is 0 Å². The quantitative estimate of drug-likeness (QED) is 0.393. The Labute approximate surface area is 263 Å². The van der Waals surface area contributed by atoms with E-state index in [9.17, 15) is 19.2 Å². The summed E-state index contributed by atoms with van der Waals surface area (Å²) < 4.78 is 13.5. The van der Waals surface area contributed by atoms with Crippen molar-refractivity contribution in [3.05, 3.63) is 53.9 Å². The van der Waals surface area contributed by atoms with E-state index in [1.165, 1.54) is 7.05 Å². The van der Waals surface area contributed by atoms with Crippen molar-refractivity contribution in [3.8, 4) is 0 Å². The fraction of sp³-hybridized carbons (Fsp3) is 0.606. The van der Waals surface area contributed by atoms with E-state index in [4.69, 9.17) is 9.47 Å². The van der Waals surface area contributed by atoms with Crippen molar-refractivity contribution in [1.82, 2.24) is 30.2 Å². The van der Waals surface area contributed by atoms with Crippen molar-refractivity contribution in [1.29, 1.82) is 0 Å². The molecule has 4 amide bonds. The van der Waals surface area contributed by atoms with E-state index in [-0.39, 0.29) is 36.4 Å². The van der Waals surface area contributed by atoms with Gasteiger partial charge in [-0.05, 0) is 50.5 Å². The Bertz CT molecular complexity index is 1380. The highest BCUT2D eigenvalue weighted by molar-refractivity contribution is 5.95. The van der Waals surface area contributed by atoms with E-state index in [0.29, 0.717) is 50.8 Å². The number of benzene rings is 1. The Morgan fingerprint density at radius 3 is 2.51 bits per heavy atom. The molecular weight excluding hydrogens is 576 g/mol. The SMILES string of the molecule is CNC(=O)[C@@H](NC(=O)C1CN(C(=O)c2cnn(C3CCCCO3)c2)CC12CN(C(=O)CC1CC1)C2)[C@@H](C)OCc1ccccc1. The lowest BCUT2D eigenvalue weighted by molar-refractivity contribution is -0.151. The van der Waals surface area contributed by atoms with E-state index in [2.05, 4.69) is 15.7 Å². The molecule has 2 aromatic rings. The van der Waals surface area contributed by atoms with Gasteiger partial charge >= 0.3 is 0 Å². The number of ether oxygens (including phenoxy) is 2. The normalized spacial score (nSPS) is 23.7. The molecular formula is C33H44N6O6. The molecule has 12 nitrogen and oxygen atoms in total. The van der Waals surface area contributed by atoms with Crippen LogP contribution in [0.3, 0.4) is 0 Å². The lowest BCUT2D eigenvalue weighted by Crippen LogP contribution is -2.65. The lowest BCUT2D eigenvalue weighted by Gasteiger charge is -2.50. The smallest absolute Gasteiger partial charge is 0.257 e. The fourth-order valence-corrected chi connectivity index (χ4v) is 6.82. The van der Waals surface area contributed by atoms with Gasteiger partial charge in [-0.25, -0.2) is 4.68 Å². The maximum atomic E-state index is 14.0. The highest BCUT2D eigenvalue weighted by Crippen LogP contribution is 2.46. The van der Waals surface area contributed by atoms with Crippen LogP contribution in [0.1, 0.15) is 67.6 Å². The standard InChI is InChI=1S/C33H44N6O6/c1-22(45-18-24-8-4-3-5-9-24)29(31(42)34-2)36-30(41)26-17-37(19-33(26)20-38(21-33)27(40)14-23-11-12-23)32(43)25-15-35-39(16-25)28-10-6-7-13-44-28/h3-5,8-9,15-16,22-23,26,28-29H,6-7,10-14,17-21H2,1-2H3,(H,34,42)(H,36,41)/t22-,26?,28?,29+/m1/s1. The zero-order valence-electron chi connectivity index (χ0n) is 26.2. The van der Waals surface area contributed by atoms with Gasteiger partial charge in [0.05, 0.1) is 30.4 Å². The molecule has 4 aliphatic rings. The number of carbonyl (C=O) groups is 4. The summed E-state index contributed by atoms with van der Waals surface area (Å²) in [6, 6.07) is 8.69. The molecule has 3 aliphatic heterocycles. The van der Waals surface area contributed by atoms with E-state index < -0.39 is 23.5 Å². The average Bonchev–Trinajstić information content (AvgIpc) is 3.55. The summed E-state index contributed by atoms with van der Waals surface area (Å²) in [5, 5.41) is 10.00. The molecule has 0 radical (unpaired) electrons. The molecule has 1 aliphatic carbocycles. The predicted octanol–water partition coefficient (Wildman–Crippen LogP) is 2.12. The molecule has 45 heavy (non-hydrogen) atoms. The number of likely N-dealkylation sites (tertiary alicyclic amines) is 2. The first-order valence-corrected chi connectivity index (χ1v) is 16.2. The number of hydrogen-bond donors (Lipinski definition) is 2. The van der Waals surface area contributed by atoms with Gasteiger partial charge in [0.25, 0.3) is 5.91 Å². The third kappa shape index (κ3) is 6.91. The molecule has 242 valence electrons. The average molecular weight is 621 g/mol. The third-order valence-electron chi connectivity index (χ3n) is 9.73. The van der Waals surface area contributed by atoms with Gasteiger partial charge in [-0.2, -0.15) is 5.10 Å². The van der Waals surface area contributed by atoms with Crippen molar-refractivity contribution < 1.29 is 28.7 Å². The lowest BCUT2D eigenvalue weighted by atomic mass is 9.71. The van der Waals surface area contributed by atoms with Crippen molar-refractivity contribution in [2.45, 2.75) is 70.4 Å². The van der Waals surface area contributed by atoms with Gasteiger partial charge in [-0.1, -0.05) is 30.3 Å².